The number of nitrogens with one attached hydrogen (secondary N) is 2. The van der Waals surface area contributed by atoms with Gasteiger partial charge in [0.15, 0.2) is 11.7 Å². The highest BCUT2D eigenvalue weighted by Crippen LogP contribution is 2.17. The Kier molecular flexibility index (Phi) is 6.83. The molecule has 1 amide bonds. The Morgan fingerprint density at radius 3 is 2.78 bits per heavy atom. The summed E-state index contributed by atoms with van der Waals surface area (Å²) in [6, 6.07) is 11.1. The average molecular weight is 400 g/mol. The van der Waals surface area contributed by atoms with Gasteiger partial charge >= 0.3 is 0 Å². The second-order valence-corrected chi connectivity index (χ2v) is 6.35. The Morgan fingerprint density at radius 2 is 2.09 bits per heavy atom. The van der Waals surface area contributed by atoms with E-state index in [2.05, 4.69) is 26.2 Å². The number of quaternary nitrogens is 1. The van der Waals surface area contributed by atoms with Crippen molar-refractivity contribution >= 4 is 39.1 Å². The number of halogens is 2. The Bertz CT molecular complexity index is 652. The second-order valence-electron chi connectivity index (χ2n) is 5.08. The Hall–Kier alpha value is -1.63. The summed E-state index contributed by atoms with van der Waals surface area (Å²) in [4.78, 5) is 16.9. The number of benzene rings is 1. The molecule has 0 aliphatic rings. The topological polar surface area (TPSA) is 55.7 Å². The fraction of sp³-hybridized carbons (Fsp3) is 0.250. The van der Waals surface area contributed by atoms with Crippen LogP contribution in [0, 0.1) is 0 Å². The molecule has 5 nitrogen and oxygen atoms in total. The number of amides is 1. The molecule has 0 bridgehead atoms. The van der Waals surface area contributed by atoms with E-state index in [1.807, 2.05) is 31.3 Å². The number of aromatic nitrogens is 1. The van der Waals surface area contributed by atoms with Gasteiger partial charge in [-0.1, -0.05) is 27.5 Å². The highest BCUT2D eigenvalue weighted by Gasteiger charge is 2.12. The monoisotopic (exact) mass is 398 g/mol. The number of hydrogen-bond donors (Lipinski definition) is 2. The minimum Gasteiger partial charge on any atom is -0.488 e. The molecule has 7 heteroatoms. The van der Waals surface area contributed by atoms with E-state index in [0.29, 0.717) is 25.4 Å². The van der Waals surface area contributed by atoms with Gasteiger partial charge in [0.05, 0.1) is 12.7 Å². The summed E-state index contributed by atoms with van der Waals surface area (Å²) in [7, 11) is 1.94. The maximum atomic E-state index is 12.0. The summed E-state index contributed by atoms with van der Waals surface area (Å²) in [6.45, 7) is 1.58. The first-order chi connectivity index (χ1) is 11.0. The van der Waals surface area contributed by atoms with Gasteiger partial charge in [0.25, 0.3) is 5.91 Å². The molecule has 1 aromatic carbocycles. The molecule has 0 spiro atoms. The van der Waals surface area contributed by atoms with E-state index < -0.39 is 0 Å². The van der Waals surface area contributed by atoms with E-state index in [-0.39, 0.29) is 11.1 Å². The quantitative estimate of drug-likeness (QED) is 0.701. The first-order valence-corrected chi connectivity index (χ1v) is 8.32. The van der Waals surface area contributed by atoms with E-state index in [1.165, 1.54) is 0 Å². The van der Waals surface area contributed by atoms with Crippen LogP contribution in [0.15, 0.2) is 47.1 Å². The third-order valence-electron chi connectivity index (χ3n) is 3.11. The summed E-state index contributed by atoms with van der Waals surface area (Å²) < 4.78 is 6.66. The van der Waals surface area contributed by atoms with Gasteiger partial charge in [-0.15, -0.1) is 0 Å². The molecule has 2 rings (SSSR count). The number of anilines is 1. The number of carbonyl (C=O) groups is 1. The molecule has 0 saturated heterocycles. The van der Waals surface area contributed by atoms with Crippen molar-refractivity contribution in [3.05, 3.63) is 52.2 Å². The summed E-state index contributed by atoms with van der Waals surface area (Å²) in [6.07, 6.45) is 1.58. The van der Waals surface area contributed by atoms with Crippen molar-refractivity contribution in [2.75, 3.05) is 32.1 Å². The van der Waals surface area contributed by atoms with E-state index in [9.17, 15) is 4.79 Å². The zero-order valence-corrected chi connectivity index (χ0v) is 15.0. The van der Waals surface area contributed by atoms with Crippen molar-refractivity contribution < 1.29 is 14.4 Å². The van der Waals surface area contributed by atoms with Gasteiger partial charge in [0.2, 0.25) is 0 Å². The van der Waals surface area contributed by atoms with Crippen molar-refractivity contribution in [2.45, 2.75) is 0 Å². The number of nitrogens with zero attached hydrogens (tertiary/aromatic N) is 1. The van der Waals surface area contributed by atoms with Crippen molar-refractivity contribution in [2.24, 2.45) is 0 Å². The maximum Gasteiger partial charge on any atom is 0.279 e. The van der Waals surface area contributed by atoms with Crippen LogP contribution in [0.4, 0.5) is 5.69 Å². The van der Waals surface area contributed by atoms with Crippen molar-refractivity contribution in [3.8, 4) is 5.75 Å². The molecule has 1 atom stereocenters. The molecule has 23 heavy (non-hydrogen) atoms. The lowest BCUT2D eigenvalue weighted by Gasteiger charge is -2.14. The molecule has 0 saturated carbocycles. The van der Waals surface area contributed by atoms with Gasteiger partial charge in [-0.2, -0.15) is 0 Å². The first-order valence-electron chi connectivity index (χ1n) is 7.14. The minimum absolute atomic E-state index is 0.110. The normalized spacial score (nSPS) is 11.8. The van der Waals surface area contributed by atoms with Crippen LogP contribution in [0.3, 0.4) is 0 Å². The zero-order valence-electron chi connectivity index (χ0n) is 12.7. The number of pyridine rings is 1. The van der Waals surface area contributed by atoms with Gasteiger partial charge < -0.3 is 15.0 Å². The maximum absolute atomic E-state index is 12.0. The SMILES string of the molecule is C[NH+](CCOc1ccc(Br)cc1)CC(=O)Nc1cccnc1Cl. The van der Waals surface area contributed by atoms with E-state index >= 15 is 0 Å². The largest absolute Gasteiger partial charge is 0.488 e. The smallest absolute Gasteiger partial charge is 0.279 e. The van der Waals surface area contributed by atoms with Gasteiger partial charge in [0.1, 0.15) is 18.9 Å². The highest BCUT2D eigenvalue weighted by atomic mass is 79.9. The molecule has 0 radical (unpaired) electrons. The van der Waals surface area contributed by atoms with E-state index in [0.717, 1.165) is 15.1 Å². The van der Waals surface area contributed by atoms with Gasteiger partial charge in [-0.3, -0.25) is 4.79 Å². The fourth-order valence-electron chi connectivity index (χ4n) is 1.91. The Labute approximate surface area is 148 Å². The van der Waals surface area contributed by atoms with Crippen molar-refractivity contribution in [1.82, 2.24) is 4.98 Å². The number of carbonyl (C=O) groups excluding carboxylic acids is 1. The van der Waals surface area contributed by atoms with Crippen molar-refractivity contribution in [3.63, 3.8) is 0 Å². The zero-order chi connectivity index (χ0) is 16.7. The highest BCUT2D eigenvalue weighted by molar-refractivity contribution is 9.10. The number of ether oxygens (including phenoxy) is 1. The van der Waals surface area contributed by atoms with Crippen LogP contribution in [-0.4, -0.2) is 37.6 Å². The summed E-state index contributed by atoms with van der Waals surface area (Å²) in [5, 5.41) is 3.04. The molecule has 1 heterocycles. The molecule has 122 valence electrons. The molecular weight excluding hydrogens is 382 g/mol. The average Bonchev–Trinajstić information content (AvgIpc) is 2.51. The van der Waals surface area contributed by atoms with E-state index in [1.54, 1.807) is 18.3 Å². The van der Waals surface area contributed by atoms with Crippen LogP contribution >= 0.6 is 27.5 Å². The van der Waals surface area contributed by atoms with E-state index in [4.69, 9.17) is 16.3 Å². The van der Waals surface area contributed by atoms with Crippen LogP contribution in [0.2, 0.25) is 5.15 Å². The molecule has 1 unspecified atom stereocenters. The van der Waals surface area contributed by atoms with Gasteiger partial charge in [-0.25, -0.2) is 4.98 Å². The van der Waals surface area contributed by atoms with Gasteiger partial charge in [-0.05, 0) is 36.4 Å². The van der Waals surface area contributed by atoms with Crippen molar-refractivity contribution in [1.29, 1.82) is 0 Å². The standard InChI is InChI=1S/C16H17BrClN3O2/c1-21(9-10-23-13-6-4-12(17)5-7-13)11-15(22)20-14-3-2-8-19-16(14)18/h2-8H,9-11H2,1H3,(H,20,22)/p+1. The molecule has 2 aromatic rings. The molecule has 0 aliphatic heterocycles. The summed E-state index contributed by atoms with van der Waals surface area (Å²) >= 11 is 9.29. The molecule has 0 aliphatic carbocycles. The van der Waals surface area contributed by atoms with Crippen LogP contribution in [0.25, 0.3) is 0 Å². The molecular formula is C16H18BrClN3O2+. The van der Waals surface area contributed by atoms with Crippen LogP contribution in [-0.2, 0) is 4.79 Å². The lowest BCUT2D eigenvalue weighted by Crippen LogP contribution is -3.10. The fourth-order valence-corrected chi connectivity index (χ4v) is 2.34. The minimum atomic E-state index is -0.110. The Balaban J connectivity index is 1.71. The molecule has 0 fully saturated rings. The lowest BCUT2D eigenvalue weighted by atomic mass is 10.3. The lowest BCUT2D eigenvalue weighted by molar-refractivity contribution is -0.871. The molecule has 1 aromatic heterocycles. The number of hydrogen-bond acceptors (Lipinski definition) is 3. The summed E-state index contributed by atoms with van der Waals surface area (Å²) in [5.41, 5.74) is 0.526. The third-order valence-corrected chi connectivity index (χ3v) is 3.94. The first kappa shape index (κ1) is 17.7. The number of rotatable bonds is 7. The summed E-state index contributed by atoms with van der Waals surface area (Å²) in [5.74, 6) is 0.702. The van der Waals surface area contributed by atoms with Crippen LogP contribution in [0.5, 0.6) is 5.75 Å². The van der Waals surface area contributed by atoms with Crippen LogP contribution < -0.4 is 15.0 Å². The van der Waals surface area contributed by atoms with Crippen LogP contribution in [0.1, 0.15) is 0 Å². The Morgan fingerprint density at radius 1 is 1.35 bits per heavy atom. The predicted molar refractivity (Wildman–Crippen MR) is 94.1 cm³/mol. The predicted octanol–water partition coefficient (Wildman–Crippen LogP) is 2.03. The third kappa shape index (κ3) is 6.17. The second kappa shape index (κ2) is 8.86. The number of likely N-dealkylation sites (N-methyl/N-ethyl adjacent to an activating group) is 1. The molecule has 2 N–H and O–H groups in total. The van der Waals surface area contributed by atoms with Gasteiger partial charge in [0, 0.05) is 10.7 Å².